The van der Waals surface area contributed by atoms with E-state index in [0.29, 0.717) is 39.4 Å². The number of nitrogens with zero attached hydrogens (tertiary/aromatic N) is 3. The van der Waals surface area contributed by atoms with E-state index in [2.05, 4.69) is 20.8 Å². The number of amides is 2. The largest absolute Gasteiger partial charge is 0.497 e. The van der Waals surface area contributed by atoms with Crippen LogP contribution in [-0.2, 0) is 4.79 Å². The number of furan rings is 1. The Bertz CT molecular complexity index is 1250. The smallest absolute Gasteiger partial charge is 0.257 e. The molecule has 4 aromatic rings. The molecule has 33 heavy (non-hydrogen) atoms. The average molecular weight is 465 g/mol. The zero-order valence-corrected chi connectivity index (χ0v) is 18.3. The lowest BCUT2D eigenvalue weighted by Gasteiger charge is -2.11. The molecule has 2 aromatic carbocycles. The quantitative estimate of drug-likeness (QED) is 0.267. The Morgan fingerprint density at radius 3 is 2.58 bits per heavy atom. The first-order chi connectivity index (χ1) is 16.0. The molecule has 2 heterocycles. The number of benzene rings is 2. The van der Waals surface area contributed by atoms with Crippen LogP contribution in [0.4, 0.5) is 11.4 Å². The van der Waals surface area contributed by atoms with Gasteiger partial charge < -0.3 is 25.6 Å². The first-order valence-electron chi connectivity index (χ1n) is 9.76. The van der Waals surface area contributed by atoms with E-state index in [9.17, 15) is 9.59 Å². The highest BCUT2D eigenvalue weighted by molar-refractivity contribution is 7.99. The predicted octanol–water partition coefficient (Wildman–Crippen LogP) is 3.24. The number of rotatable bonds is 8. The van der Waals surface area contributed by atoms with Crippen LogP contribution in [-0.4, -0.2) is 39.6 Å². The summed E-state index contributed by atoms with van der Waals surface area (Å²) in [4.78, 5) is 25.3. The Morgan fingerprint density at radius 1 is 1.06 bits per heavy atom. The van der Waals surface area contributed by atoms with E-state index in [1.54, 1.807) is 67.8 Å². The highest BCUT2D eigenvalue weighted by Gasteiger charge is 2.17. The molecule has 0 saturated heterocycles. The number of nitrogen functional groups attached to an aromatic ring is 1. The first-order valence-corrected chi connectivity index (χ1v) is 10.7. The molecule has 0 aliphatic heterocycles. The van der Waals surface area contributed by atoms with Crippen molar-refractivity contribution in [2.45, 2.75) is 5.16 Å². The molecule has 0 spiro atoms. The fourth-order valence-electron chi connectivity index (χ4n) is 2.93. The van der Waals surface area contributed by atoms with Crippen LogP contribution in [0.2, 0.25) is 0 Å². The molecule has 0 aliphatic rings. The fraction of sp³-hybridized carbons (Fsp3) is 0.0909. The maximum atomic E-state index is 12.8. The molecule has 4 N–H and O–H groups in total. The maximum absolute atomic E-state index is 12.8. The summed E-state index contributed by atoms with van der Waals surface area (Å²) in [7, 11) is 1.57. The highest BCUT2D eigenvalue weighted by atomic mass is 32.2. The van der Waals surface area contributed by atoms with Gasteiger partial charge in [-0.25, -0.2) is 4.68 Å². The van der Waals surface area contributed by atoms with Crippen LogP contribution in [0.5, 0.6) is 5.75 Å². The van der Waals surface area contributed by atoms with Gasteiger partial charge in [-0.05, 0) is 48.5 Å². The Labute approximate surface area is 193 Å². The molecule has 0 bridgehead atoms. The van der Waals surface area contributed by atoms with Crippen molar-refractivity contribution in [3.05, 3.63) is 72.5 Å². The number of para-hydroxylation sites is 1. The molecule has 0 unspecified atom stereocenters. The highest BCUT2D eigenvalue weighted by Crippen LogP contribution is 2.23. The molecular weight excluding hydrogens is 444 g/mol. The van der Waals surface area contributed by atoms with Crippen LogP contribution in [0.1, 0.15) is 10.4 Å². The number of hydrogen-bond donors (Lipinski definition) is 3. The summed E-state index contributed by atoms with van der Waals surface area (Å²) in [5.74, 6) is 6.85. The van der Waals surface area contributed by atoms with Crippen molar-refractivity contribution >= 4 is 35.0 Å². The number of thioether (sulfide) groups is 1. The molecule has 0 fully saturated rings. The van der Waals surface area contributed by atoms with Gasteiger partial charge in [-0.1, -0.05) is 23.9 Å². The van der Waals surface area contributed by atoms with Crippen molar-refractivity contribution in [3.8, 4) is 17.3 Å². The van der Waals surface area contributed by atoms with Crippen LogP contribution in [0.3, 0.4) is 0 Å². The van der Waals surface area contributed by atoms with E-state index in [4.69, 9.17) is 15.0 Å². The van der Waals surface area contributed by atoms with Crippen molar-refractivity contribution < 1.29 is 18.7 Å². The van der Waals surface area contributed by atoms with Gasteiger partial charge in [0.2, 0.25) is 16.9 Å². The van der Waals surface area contributed by atoms with Gasteiger partial charge in [0.25, 0.3) is 5.91 Å². The standard InChI is InChI=1S/C22H20N6O4S/c1-31-15-10-8-14(9-11-15)24-21(30)16-5-2-3-6-17(16)25-19(29)13-33-22-27-26-20(28(22)23)18-7-4-12-32-18/h2-12H,13,23H2,1H3,(H,24,30)(H,25,29). The van der Waals surface area contributed by atoms with Crippen LogP contribution in [0, 0.1) is 0 Å². The average Bonchev–Trinajstić information content (AvgIpc) is 3.48. The normalized spacial score (nSPS) is 10.6. The van der Waals surface area contributed by atoms with Crippen LogP contribution < -0.4 is 21.2 Å². The third-order valence-electron chi connectivity index (χ3n) is 4.53. The summed E-state index contributed by atoms with van der Waals surface area (Å²) in [6, 6.07) is 17.1. The Kier molecular flexibility index (Phi) is 6.60. The van der Waals surface area contributed by atoms with E-state index in [-0.39, 0.29) is 17.6 Å². The minimum absolute atomic E-state index is 0.0158. The summed E-state index contributed by atoms with van der Waals surface area (Å²) in [5, 5.41) is 13.9. The third kappa shape index (κ3) is 5.15. The summed E-state index contributed by atoms with van der Waals surface area (Å²) in [6.45, 7) is 0. The van der Waals surface area contributed by atoms with E-state index < -0.39 is 0 Å². The summed E-state index contributed by atoms with van der Waals surface area (Å²) in [6.07, 6.45) is 1.51. The lowest BCUT2D eigenvalue weighted by molar-refractivity contribution is -0.113. The number of carbonyl (C=O) groups is 2. The lowest BCUT2D eigenvalue weighted by Crippen LogP contribution is -2.20. The van der Waals surface area contributed by atoms with Gasteiger partial charge in [0.1, 0.15) is 5.75 Å². The maximum Gasteiger partial charge on any atom is 0.257 e. The summed E-state index contributed by atoms with van der Waals surface area (Å²) in [5.41, 5.74) is 1.32. The van der Waals surface area contributed by atoms with Gasteiger partial charge in [0, 0.05) is 5.69 Å². The number of carbonyl (C=O) groups excluding carboxylic acids is 2. The zero-order chi connectivity index (χ0) is 23.2. The summed E-state index contributed by atoms with van der Waals surface area (Å²) >= 11 is 1.11. The third-order valence-corrected chi connectivity index (χ3v) is 5.48. The molecule has 4 rings (SSSR count). The number of nitrogens with one attached hydrogen (secondary N) is 2. The zero-order valence-electron chi connectivity index (χ0n) is 17.5. The minimum Gasteiger partial charge on any atom is -0.497 e. The fourth-order valence-corrected chi connectivity index (χ4v) is 3.59. The summed E-state index contributed by atoms with van der Waals surface area (Å²) < 4.78 is 11.6. The van der Waals surface area contributed by atoms with Crippen molar-refractivity contribution in [1.29, 1.82) is 0 Å². The molecule has 10 nitrogen and oxygen atoms in total. The van der Waals surface area contributed by atoms with E-state index in [1.807, 2.05) is 0 Å². The van der Waals surface area contributed by atoms with Crippen LogP contribution in [0.25, 0.3) is 11.6 Å². The first kappa shape index (κ1) is 22.0. The van der Waals surface area contributed by atoms with Crippen LogP contribution >= 0.6 is 11.8 Å². The van der Waals surface area contributed by atoms with E-state index in [0.717, 1.165) is 11.8 Å². The predicted molar refractivity (Wildman–Crippen MR) is 125 cm³/mol. The number of hydrogen-bond acceptors (Lipinski definition) is 8. The minimum atomic E-state index is -0.353. The molecule has 0 radical (unpaired) electrons. The van der Waals surface area contributed by atoms with Crippen LogP contribution in [0.15, 0.2) is 76.5 Å². The second-order valence-corrected chi connectivity index (χ2v) is 7.66. The topological polar surface area (TPSA) is 137 Å². The van der Waals surface area contributed by atoms with Crippen molar-refractivity contribution in [3.63, 3.8) is 0 Å². The van der Waals surface area contributed by atoms with Crippen molar-refractivity contribution in [1.82, 2.24) is 14.9 Å². The Hall–Kier alpha value is -4.25. The molecule has 2 aromatic heterocycles. The second-order valence-electron chi connectivity index (χ2n) is 6.72. The number of ether oxygens (including phenoxy) is 1. The van der Waals surface area contributed by atoms with Gasteiger partial charge in [0.15, 0.2) is 5.76 Å². The van der Waals surface area contributed by atoms with Gasteiger partial charge in [-0.2, -0.15) is 0 Å². The molecule has 0 saturated carbocycles. The molecular formula is C22H20N6O4S. The SMILES string of the molecule is COc1ccc(NC(=O)c2ccccc2NC(=O)CSc2nnc(-c3ccco3)n2N)cc1. The van der Waals surface area contributed by atoms with Gasteiger partial charge in [-0.3, -0.25) is 9.59 Å². The molecule has 11 heteroatoms. The molecule has 0 atom stereocenters. The van der Waals surface area contributed by atoms with E-state index >= 15 is 0 Å². The number of anilines is 2. The van der Waals surface area contributed by atoms with Crippen molar-refractivity contribution in [2.24, 2.45) is 0 Å². The number of aromatic nitrogens is 3. The van der Waals surface area contributed by atoms with Crippen molar-refractivity contribution in [2.75, 3.05) is 29.3 Å². The number of methoxy groups -OCH3 is 1. The Morgan fingerprint density at radius 2 is 1.85 bits per heavy atom. The van der Waals surface area contributed by atoms with Gasteiger partial charge in [0.05, 0.1) is 30.4 Å². The van der Waals surface area contributed by atoms with E-state index in [1.165, 1.54) is 10.9 Å². The van der Waals surface area contributed by atoms with Gasteiger partial charge >= 0.3 is 0 Å². The van der Waals surface area contributed by atoms with Gasteiger partial charge in [-0.15, -0.1) is 10.2 Å². The molecule has 0 aliphatic carbocycles. The molecule has 168 valence electrons. The molecule has 2 amide bonds. The Balaban J connectivity index is 1.39. The number of nitrogens with two attached hydrogens (primary N) is 1. The lowest BCUT2D eigenvalue weighted by atomic mass is 10.1. The second kappa shape index (κ2) is 9.92. The monoisotopic (exact) mass is 464 g/mol.